The van der Waals surface area contributed by atoms with Crippen LogP contribution in [0.1, 0.15) is 41.4 Å². The SMILES string of the molecule is Cc1cc(Cn2cc(CC(C)c3ccc(C)o3)nn2)n[nH]1. The molecule has 0 radical (unpaired) electrons. The first-order valence-corrected chi connectivity index (χ1v) is 7.06. The maximum atomic E-state index is 5.65. The van der Waals surface area contributed by atoms with Gasteiger partial charge in [0.15, 0.2) is 0 Å². The number of aromatic amines is 1. The van der Waals surface area contributed by atoms with Crippen molar-refractivity contribution in [3.8, 4) is 0 Å². The summed E-state index contributed by atoms with van der Waals surface area (Å²) in [6.45, 7) is 6.70. The van der Waals surface area contributed by atoms with Crippen molar-refractivity contribution in [2.75, 3.05) is 0 Å². The Hall–Kier alpha value is -2.37. The lowest BCUT2D eigenvalue weighted by molar-refractivity contribution is 0.450. The van der Waals surface area contributed by atoms with Gasteiger partial charge in [-0.2, -0.15) is 5.10 Å². The lowest BCUT2D eigenvalue weighted by Gasteiger charge is -2.05. The second-order valence-corrected chi connectivity index (χ2v) is 5.50. The van der Waals surface area contributed by atoms with E-state index in [1.165, 1.54) is 0 Å². The topological polar surface area (TPSA) is 72.5 Å². The molecule has 3 aromatic rings. The van der Waals surface area contributed by atoms with E-state index >= 15 is 0 Å². The van der Waals surface area contributed by atoms with Gasteiger partial charge >= 0.3 is 0 Å². The van der Waals surface area contributed by atoms with Crippen molar-refractivity contribution in [1.82, 2.24) is 25.2 Å². The van der Waals surface area contributed by atoms with E-state index in [0.29, 0.717) is 6.54 Å². The minimum atomic E-state index is 0.288. The molecule has 1 N–H and O–H groups in total. The van der Waals surface area contributed by atoms with E-state index in [1.807, 2.05) is 42.9 Å². The maximum Gasteiger partial charge on any atom is 0.107 e. The standard InChI is InChI=1S/C15H19N5O/c1-10(15-5-4-12(3)21-15)6-13-8-20(19-18-13)9-14-7-11(2)16-17-14/h4-5,7-8,10H,6,9H2,1-3H3,(H,16,17). The van der Waals surface area contributed by atoms with E-state index in [-0.39, 0.29) is 5.92 Å². The van der Waals surface area contributed by atoms with Gasteiger partial charge in [-0.25, -0.2) is 4.68 Å². The van der Waals surface area contributed by atoms with E-state index < -0.39 is 0 Å². The van der Waals surface area contributed by atoms with Crippen LogP contribution < -0.4 is 0 Å². The van der Waals surface area contributed by atoms with Crippen LogP contribution in [-0.4, -0.2) is 25.2 Å². The quantitative estimate of drug-likeness (QED) is 0.782. The fourth-order valence-corrected chi connectivity index (χ4v) is 2.36. The summed E-state index contributed by atoms with van der Waals surface area (Å²) in [6.07, 6.45) is 2.78. The molecule has 0 aromatic carbocycles. The van der Waals surface area contributed by atoms with Crippen molar-refractivity contribution in [3.05, 3.63) is 53.0 Å². The molecule has 6 heteroatoms. The molecule has 110 valence electrons. The van der Waals surface area contributed by atoms with Crippen LogP contribution in [0.25, 0.3) is 0 Å². The Balaban J connectivity index is 1.64. The van der Waals surface area contributed by atoms with Crippen molar-refractivity contribution in [3.63, 3.8) is 0 Å². The van der Waals surface area contributed by atoms with Crippen molar-refractivity contribution in [2.45, 2.75) is 39.7 Å². The number of hydrogen-bond donors (Lipinski definition) is 1. The van der Waals surface area contributed by atoms with Crippen molar-refractivity contribution in [2.24, 2.45) is 0 Å². The van der Waals surface area contributed by atoms with Gasteiger partial charge in [-0.3, -0.25) is 5.10 Å². The number of furan rings is 1. The second-order valence-electron chi connectivity index (χ2n) is 5.50. The van der Waals surface area contributed by atoms with Gasteiger partial charge in [-0.15, -0.1) is 5.10 Å². The number of nitrogens with zero attached hydrogens (tertiary/aromatic N) is 4. The molecule has 0 aliphatic heterocycles. The van der Waals surface area contributed by atoms with Gasteiger partial charge < -0.3 is 4.42 Å². The molecule has 3 heterocycles. The van der Waals surface area contributed by atoms with Crippen molar-refractivity contribution in [1.29, 1.82) is 0 Å². The first-order valence-electron chi connectivity index (χ1n) is 7.06. The van der Waals surface area contributed by atoms with Gasteiger partial charge in [-0.05, 0) is 32.0 Å². The molecule has 0 fully saturated rings. The summed E-state index contributed by atoms with van der Waals surface area (Å²) in [4.78, 5) is 0. The summed E-state index contributed by atoms with van der Waals surface area (Å²) in [5.41, 5.74) is 2.97. The first-order chi connectivity index (χ1) is 10.1. The van der Waals surface area contributed by atoms with Crippen molar-refractivity contribution >= 4 is 0 Å². The zero-order valence-corrected chi connectivity index (χ0v) is 12.5. The summed E-state index contributed by atoms with van der Waals surface area (Å²) < 4.78 is 7.46. The third kappa shape index (κ3) is 3.21. The highest BCUT2D eigenvalue weighted by molar-refractivity contribution is 5.12. The summed E-state index contributed by atoms with van der Waals surface area (Å²) in [6, 6.07) is 6.02. The molecule has 1 unspecified atom stereocenters. The van der Waals surface area contributed by atoms with Crippen LogP contribution in [0.2, 0.25) is 0 Å². The molecule has 0 amide bonds. The predicted molar refractivity (Wildman–Crippen MR) is 78.0 cm³/mol. The number of hydrogen-bond acceptors (Lipinski definition) is 4. The van der Waals surface area contributed by atoms with Gasteiger partial charge in [0.1, 0.15) is 11.5 Å². The zero-order valence-electron chi connectivity index (χ0n) is 12.5. The Morgan fingerprint density at radius 2 is 2.14 bits per heavy atom. The summed E-state index contributed by atoms with van der Waals surface area (Å²) >= 11 is 0. The van der Waals surface area contributed by atoms with E-state index in [1.54, 1.807) is 0 Å². The van der Waals surface area contributed by atoms with Gasteiger partial charge in [0.2, 0.25) is 0 Å². The molecule has 6 nitrogen and oxygen atoms in total. The van der Waals surface area contributed by atoms with Crippen LogP contribution in [0.4, 0.5) is 0 Å². The van der Waals surface area contributed by atoms with Crippen LogP contribution in [0.3, 0.4) is 0 Å². The number of aryl methyl sites for hydroxylation is 2. The van der Waals surface area contributed by atoms with Gasteiger partial charge in [0.05, 0.1) is 17.9 Å². The Bertz CT molecular complexity index is 724. The minimum Gasteiger partial charge on any atom is -0.466 e. The third-order valence-corrected chi connectivity index (χ3v) is 3.43. The molecular formula is C15H19N5O. The average molecular weight is 285 g/mol. The summed E-state index contributed by atoms with van der Waals surface area (Å²) in [5, 5.41) is 15.5. The third-order valence-electron chi connectivity index (χ3n) is 3.43. The number of nitrogens with one attached hydrogen (secondary N) is 1. The van der Waals surface area contributed by atoms with E-state index in [2.05, 4.69) is 27.4 Å². The average Bonchev–Trinajstić information content (AvgIpc) is 3.13. The number of aromatic nitrogens is 5. The fraction of sp³-hybridized carbons (Fsp3) is 0.400. The van der Waals surface area contributed by atoms with Crippen LogP contribution in [-0.2, 0) is 13.0 Å². The smallest absolute Gasteiger partial charge is 0.107 e. The van der Waals surface area contributed by atoms with Gasteiger partial charge in [0.25, 0.3) is 0 Å². The van der Waals surface area contributed by atoms with Gasteiger partial charge in [-0.1, -0.05) is 12.1 Å². The summed E-state index contributed by atoms with van der Waals surface area (Å²) in [7, 11) is 0. The Labute approximate surface area is 123 Å². The molecule has 0 spiro atoms. The van der Waals surface area contributed by atoms with Crippen LogP contribution in [0.15, 0.2) is 28.8 Å². The van der Waals surface area contributed by atoms with E-state index in [0.717, 1.165) is 35.0 Å². The van der Waals surface area contributed by atoms with Gasteiger partial charge in [0, 0.05) is 24.2 Å². The molecule has 3 rings (SSSR count). The summed E-state index contributed by atoms with van der Waals surface area (Å²) in [5.74, 6) is 2.22. The second kappa shape index (κ2) is 5.55. The highest BCUT2D eigenvalue weighted by Crippen LogP contribution is 2.21. The first kappa shape index (κ1) is 13.6. The monoisotopic (exact) mass is 285 g/mol. The Morgan fingerprint density at radius 3 is 2.81 bits per heavy atom. The van der Waals surface area contributed by atoms with E-state index in [4.69, 9.17) is 4.42 Å². The molecule has 0 saturated carbocycles. The number of rotatable bonds is 5. The molecule has 0 saturated heterocycles. The fourth-order valence-electron chi connectivity index (χ4n) is 2.36. The Morgan fingerprint density at radius 1 is 1.29 bits per heavy atom. The molecule has 1 atom stereocenters. The molecule has 3 aromatic heterocycles. The minimum absolute atomic E-state index is 0.288. The lowest BCUT2D eigenvalue weighted by Crippen LogP contribution is -2.00. The highest BCUT2D eigenvalue weighted by atomic mass is 16.3. The highest BCUT2D eigenvalue weighted by Gasteiger charge is 2.13. The van der Waals surface area contributed by atoms with E-state index in [9.17, 15) is 0 Å². The normalized spacial score (nSPS) is 12.7. The number of H-pyrrole nitrogens is 1. The Kier molecular flexibility index (Phi) is 3.60. The molecule has 0 aliphatic rings. The van der Waals surface area contributed by atoms with Crippen molar-refractivity contribution < 1.29 is 4.42 Å². The zero-order chi connectivity index (χ0) is 14.8. The molecule has 21 heavy (non-hydrogen) atoms. The maximum absolute atomic E-state index is 5.65. The predicted octanol–water partition coefficient (Wildman–Crippen LogP) is 2.61. The lowest BCUT2D eigenvalue weighted by atomic mass is 10.0. The largest absolute Gasteiger partial charge is 0.466 e. The van der Waals surface area contributed by atoms with Crippen LogP contribution in [0.5, 0.6) is 0 Å². The van der Waals surface area contributed by atoms with Crippen LogP contribution in [0, 0.1) is 13.8 Å². The molecule has 0 aliphatic carbocycles. The van der Waals surface area contributed by atoms with Crippen LogP contribution >= 0.6 is 0 Å². The molecule has 0 bridgehead atoms. The molecular weight excluding hydrogens is 266 g/mol.